The number of hydrogen-bond donors (Lipinski definition) is 1. The maximum Gasteiger partial charge on any atom is 0.269 e. The van der Waals surface area contributed by atoms with Crippen LogP contribution in [-0.2, 0) is 15.5 Å². The summed E-state index contributed by atoms with van der Waals surface area (Å²) in [5.41, 5.74) is 7.14. The molecule has 1 N–H and O–H groups in total. The average Bonchev–Trinajstić information content (AvgIpc) is 2.82. The molecule has 2 aromatic carbocycles. The molecule has 0 unspecified atom stereocenters. The van der Waals surface area contributed by atoms with Gasteiger partial charge in [0.05, 0.1) is 11.1 Å². The van der Waals surface area contributed by atoms with Gasteiger partial charge in [0.2, 0.25) is 5.36 Å². The van der Waals surface area contributed by atoms with Crippen LogP contribution >= 0.6 is 0 Å². The van der Waals surface area contributed by atoms with E-state index in [2.05, 4.69) is 102 Å². The van der Waals surface area contributed by atoms with E-state index in [1.54, 1.807) is 0 Å². The zero-order valence-electron chi connectivity index (χ0n) is 25.1. The molecule has 7 heteroatoms. The predicted molar refractivity (Wildman–Crippen MR) is 163 cm³/mol. The molecule has 0 amide bonds. The molecule has 0 radical (unpaired) electrons. The van der Waals surface area contributed by atoms with Crippen molar-refractivity contribution >= 4 is 32.5 Å². The van der Waals surface area contributed by atoms with Crippen molar-refractivity contribution in [2.24, 2.45) is 0 Å². The molecule has 0 saturated heterocycles. The minimum absolute atomic E-state index is 0.124. The number of hydrogen-bond acceptors (Lipinski definition) is 4. The standard InChI is InChI=1S/C33H39N3O3S/c1-10-35-29-14-27-24(12-22(29)20(3)16-31(35,4)5)26(18-34)25-13-23-21(19-40(37,38)39)17-32(6,7)36(11-2)30(23)15-28(25)33(27,8)9/h12-17H,10-11,19H2,1-9H3/p+1. The molecule has 0 spiro atoms. The number of fused-ring (bicyclic) bond motifs is 4. The molecule has 3 aliphatic rings. The Morgan fingerprint density at radius 3 is 2.20 bits per heavy atom. The quantitative estimate of drug-likeness (QED) is 0.437. The van der Waals surface area contributed by atoms with E-state index in [9.17, 15) is 18.2 Å². The van der Waals surface area contributed by atoms with Gasteiger partial charge in [-0.15, -0.1) is 0 Å². The van der Waals surface area contributed by atoms with Crippen LogP contribution in [0, 0.1) is 11.3 Å². The van der Waals surface area contributed by atoms with Crippen molar-refractivity contribution in [3.05, 3.63) is 74.8 Å². The van der Waals surface area contributed by atoms with E-state index >= 15 is 0 Å². The zero-order valence-corrected chi connectivity index (χ0v) is 25.9. The Bertz CT molecular complexity index is 1820. The van der Waals surface area contributed by atoms with Crippen molar-refractivity contribution in [3.8, 4) is 6.07 Å². The summed E-state index contributed by atoms with van der Waals surface area (Å²) in [6.45, 7) is 21.0. The summed E-state index contributed by atoms with van der Waals surface area (Å²) in [5.74, 6) is -0.470. The largest absolute Gasteiger partial charge is 0.363 e. The first kappa shape index (κ1) is 28.3. The third-order valence-electron chi connectivity index (χ3n) is 9.08. The summed E-state index contributed by atoms with van der Waals surface area (Å²) >= 11 is 0. The van der Waals surface area contributed by atoms with Crippen molar-refractivity contribution in [2.45, 2.75) is 78.8 Å². The third-order valence-corrected chi connectivity index (χ3v) is 9.76. The van der Waals surface area contributed by atoms with Gasteiger partial charge in [0.15, 0.2) is 5.54 Å². The second-order valence-corrected chi connectivity index (χ2v) is 14.4. The molecular formula is C33H40N3O3S+. The van der Waals surface area contributed by atoms with Crippen LogP contribution in [0.5, 0.6) is 0 Å². The van der Waals surface area contributed by atoms with Crippen molar-refractivity contribution in [3.63, 3.8) is 0 Å². The molecule has 2 aliphatic heterocycles. The van der Waals surface area contributed by atoms with Gasteiger partial charge >= 0.3 is 0 Å². The number of nitrogens with zero attached hydrogens (tertiary/aromatic N) is 3. The Morgan fingerprint density at radius 2 is 1.62 bits per heavy atom. The Morgan fingerprint density at radius 1 is 0.950 bits per heavy atom. The van der Waals surface area contributed by atoms with Crippen molar-refractivity contribution in [1.82, 2.24) is 4.58 Å². The summed E-state index contributed by atoms with van der Waals surface area (Å²) in [6, 6.07) is 11.1. The Hall–Kier alpha value is -3.21. The van der Waals surface area contributed by atoms with E-state index in [4.69, 9.17) is 0 Å². The molecule has 5 rings (SSSR count). The van der Waals surface area contributed by atoms with Crippen LogP contribution in [0.25, 0.3) is 16.7 Å². The highest BCUT2D eigenvalue weighted by molar-refractivity contribution is 7.86. The minimum atomic E-state index is -4.26. The van der Waals surface area contributed by atoms with Gasteiger partial charge in [-0.25, -0.2) is 4.58 Å². The van der Waals surface area contributed by atoms with E-state index in [0.29, 0.717) is 11.1 Å². The van der Waals surface area contributed by atoms with E-state index in [0.717, 1.165) is 51.8 Å². The monoisotopic (exact) mass is 558 g/mol. The maximum atomic E-state index is 12.0. The van der Waals surface area contributed by atoms with Gasteiger partial charge in [0.1, 0.15) is 18.4 Å². The second kappa shape index (κ2) is 8.89. The number of allylic oxidation sites excluding steroid dienone is 1. The summed E-state index contributed by atoms with van der Waals surface area (Å²) in [7, 11) is -4.26. The minimum Gasteiger partial charge on any atom is -0.363 e. The van der Waals surface area contributed by atoms with Crippen molar-refractivity contribution in [1.29, 1.82) is 5.26 Å². The number of benzene rings is 2. The van der Waals surface area contributed by atoms with E-state index in [1.165, 1.54) is 10.9 Å². The van der Waals surface area contributed by atoms with Gasteiger partial charge < -0.3 is 4.90 Å². The molecular weight excluding hydrogens is 518 g/mol. The van der Waals surface area contributed by atoms with Crippen LogP contribution in [0.15, 0.2) is 36.4 Å². The Balaban J connectivity index is 1.91. The Kier molecular flexibility index (Phi) is 6.30. The topological polar surface area (TPSA) is 84.4 Å². The van der Waals surface area contributed by atoms with Crippen molar-refractivity contribution in [2.75, 3.05) is 23.7 Å². The van der Waals surface area contributed by atoms with Crippen LogP contribution < -0.4 is 20.1 Å². The summed E-state index contributed by atoms with van der Waals surface area (Å²) in [4.78, 5) is 2.26. The lowest BCUT2D eigenvalue weighted by Crippen LogP contribution is -2.50. The van der Waals surface area contributed by atoms with Crippen LogP contribution in [0.3, 0.4) is 0 Å². The first-order chi connectivity index (χ1) is 18.5. The van der Waals surface area contributed by atoms with Crippen LogP contribution in [-0.4, -0.2) is 42.9 Å². The number of nitriles is 1. The zero-order chi connectivity index (χ0) is 29.6. The van der Waals surface area contributed by atoms with Gasteiger partial charge in [-0.2, -0.15) is 13.7 Å². The lowest BCUT2D eigenvalue weighted by atomic mass is 9.68. The average molecular weight is 559 g/mol. The predicted octanol–water partition coefficient (Wildman–Crippen LogP) is 4.64. The highest BCUT2D eigenvalue weighted by Crippen LogP contribution is 2.46. The van der Waals surface area contributed by atoms with Gasteiger partial charge in [-0.05, 0) is 91.9 Å². The molecule has 6 nitrogen and oxygen atoms in total. The fourth-order valence-electron chi connectivity index (χ4n) is 7.41. The highest BCUT2D eigenvalue weighted by Gasteiger charge is 2.40. The normalized spacial score (nSPS) is 20.0. The highest BCUT2D eigenvalue weighted by atomic mass is 32.2. The first-order valence-corrected chi connectivity index (χ1v) is 15.6. The molecule has 0 saturated carbocycles. The SMILES string of the molecule is CCN1c2cc3c(cc2C(CS(=O)(=O)O)=CC1(C)C)C(C#N)=c1cc2c(cc1C3(C)C)=[N+](CC)C(C)(C)C=C2C. The van der Waals surface area contributed by atoms with Gasteiger partial charge in [0.25, 0.3) is 10.1 Å². The maximum absolute atomic E-state index is 12.0. The second-order valence-electron chi connectivity index (χ2n) is 13.0. The summed E-state index contributed by atoms with van der Waals surface area (Å²) in [6.07, 6.45) is 4.22. The van der Waals surface area contributed by atoms with E-state index in [-0.39, 0.29) is 5.54 Å². The molecule has 2 heterocycles. The molecule has 0 aromatic heterocycles. The van der Waals surface area contributed by atoms with Gasteiger partial charge in [-0.1, -0.05) is 19.9 Å². The number of rotatable bonds is 4. The number of anilines is 1. The fraction of sp³-hybridized carbons (Fsp3) is 0.455. The lowest BCUT2D eigenvalue weighted by molar-refractivity contribution is 0.401. The smallest absolute Gasteiger partial charge is 0.269 e. The molecule has 0 bridgehead atoms. The third kappa shape index (κ3) is 4.15. The first-order valence-electron chi connectivity index (χ1n) is 14.0. The molecule has 40 heavy (non-hydrogen) atoms. The Labute approximate surface area is 238 Å². The van der Waals surface area contributed by atoms with Crippen LogP contribution in [0.4, 0.5) is 5.69 Å². The summed E-state index contributed by atoms with van der Waals surface area (Å²) in [5, 5.41) is 12.7. The van der Waals surface area contributed by atoms with Crippen LogP contribution in [0.1, 0.15) is 90.1 Å². The van der Waals surface area contributed by atoms with E-state index < -0.39 is 26.8 Å². The van der Waals surface area contributed by atoms with E-state index in [1.807, 2.05) is 12.1 Å². The summed E-state index contributed by atoms with van der Waals surface area (Å²) < 4.78 is 36.3. The molecule has 1 aliphatic carbocycles. The van der Waals surface area contributed by atoms with Crippen LogP contribution in [0.2, 0.25) is 0 Å². The molecule has 0 fully saturated rings. The molecule has 210 valence electrons. The molecule has 2 aromatic rings. The fourth-order valence-corrected chi connectivity index (χ4v) is 8.05. The van der Waals surface area contributed by atoms with Gasteiger partial charge in [-0.3, -0.25) is 4.55 Å². The molecule has 0 atom stereocenters. The van der Waals surface area contributed by atoms with Gasteiger partial charge in [0, 0.05) is 48.7 Å². The van der Waals surface area contributed by atoms with Crippen molar-refractivity contribution < 1.29 is 13.0 Å². The number of likely N-dealkylation sites (N-methyl/N-ethyl adjacent to an activating group) is 2. The lowest BCUT2D eigenvalue weighted by Gasteiger charge is -2.44.